The first-order valence-corrected chi connectivity index (χ1v) is 4.55. The molecule has 12 heavy (non-hydrogen) atoms. The second-order valence-electron chi connectivity index (χ2n) is 2.07. The molecule has 5 N–H and O–H groups in total. The van der Waals surface area contributed by atoms with Crippen LogP contribution in [-0.2, 0) is 15.0 Å². The molecule has 0 amide bonds. The summed E-state index contributed by atoms with van der Waals surface area (Å²) in [5.74, 6) is -1.38. The fourth-order valence-electron chi connectivity index (χ4n) is 0.560. The van der Waals surface area contributed by atoms with Crippen LogP contribution in [0.4, 0.5) is 0 Å². The Morgan fingerprint density at radius 1 is 1.58 bits per heavy atom. The lowest BCUT2D eigenvalue weighted by Crippen LogP contribution is -2.44. The van der Waals surface area contributed by atoms with Crippen LogP contribution in [0.5, 0.6) is 0 Å². The summed E-state index contributed by atoms with van der Waals surface area (Å²) in [5, 5.41) is 21.2. The maximum absolute atomic E-state index is 10.3. The number of aliphatic hydroxyl groups is 1. The minimum absolute atomic E-state index is 0.217. The standard InChI is InChI=1S/C4H10N2O5S/c5-12(10,11)6-3(1-2-7)4(8)9/h3,6-7H,1-2H2,(H,8,9)(H2,5,10,11)/t3-/m1/s1. The molecule has 0 unspecified atom stereocenters. The lowest BCUT2D eigenvalue weighted by Gasteiger charge is -2.09. The minimum Gasteiger partial charge on any atom is -0.480 e. The van der Waals surface area contributed by atoms with Gasteiger partial charge in [-0.05, 0) is 6.42 Å². The van der Waals surface area contributed by atoms with Crippen LogP contribution >= 0.6 is 0 Å². The van der Waals surface area contributed by atoms with E-state index in [1.807, 2.05) is 0 Å². The topological polar surface area (TPSA) is 130 Å². The van der Waals surface area contributed by atoms with Crippen LogP contribution in [0.1, 0.15) is 6.42 Å². The molecule has 0 bridgehead atoms. The highest BCUT2D eigenvalue weighted by Gasteiger charge is 2.20. The predicted molar refractivity (Wildman–Crippen MR) is 39.4 cm³/mol. The summed E-state index contributed by atoms with van der Waals surface area (Å²) in [6, 6.07) is -1.37. The lowest BCUT2D eigenvalue weighted by atomic mass is 10.2. The first-order chi connectivity index (χ1) is 5.37. The zero-order valence-electron chi connectivity index (χ0n) is 6.10. The summed E-state index contributed by atoms with van der Waals surface area (Å²) in [7, 11) is -4.03. The Morgan fingerprint density at radius 2 is 2.08 bits per heavy atom. The van der Waals surface area contributed by atoms with Gasteiger partial charge in [0.1, 0.15) is 6.04 Å². The van der Waals surface area contributed by atoms with Crippen molar-refractivity contribution in [1.82, 2.24) is 4.72 Å². The summed E-state index contributed by atoms with van der Waals surface area (Å²) in [6.45, 7) is -0.431. The van der Waals surface area contributed by atoms with Crippen molar-refractivity contribution < 1.29 is 23.4 Å². The smallest absolute Gasteiger partial charge is 0.321 e. The first-order valence-electron chi connectivity index (χ1n) is 3.00. The zero-order chi connectivity index (χ0) is 9.78. The van der Waals surface area contributed by atoms with E-state index in [1.165, 1.54) is 0 Å². The van der Waals surface area contributed by atoms with E-state index in [1.54, 1.807) is 4.72 Å². The fraction of sp³-hybridized carbons (Fsp3) is 0.750. The van der Waals surface area contributed by atoms with Crippen LogP contribution in [0.25, 0.3) is 0 Å². The van der Waals surface area contributed by atoms with Crippen LogP contribution in [0.2, 0.25) is 0 Å². The number of nitrogens with one attached hydrogen (secondary N) is 1. The van der Waals surface area contributed by atoms with E-state index >= 15 is 0 Å². The van der Waals surface area contributed by atoms with Gasteiger partial charge in [0.05, 0.1) is 0 Å². The molecule has 0 aromatic carbocycles. The van der Waals surface area contributed by atoms with Crippen molar-refractivity contribution in [3.05, 3.63) is 0 Å². The molecule has 72 valence electrons. The van der Waals surface area contributed by atoms with Crippen molar-refractivity contribution in [2.75, 3.05) is 6.61 Å². The minimum atomic E-state index is -4.03. The third-order valence-corrected chi connectivity index (χ3v) is 1.64. The maximum atomic E-state index is 10.3. The molecule has 0 heterocycles. The monoisotopic (exact) mass is 198 g/mol. The number of aliphatic carboxylic acids is 1. The van der Waals surface area contributed by atoms with Gasteiger partial charge < -0.3 is 10.2 Å². The van der Waals surface area contributed by atoms with Gasteiger partial charge in [0.25, 0.3) is 10.2 Å². The van der Waals surface area contributed by atoms with E-state index in [4.69, 9.17) is 10.2 Å². The molecule has 0 aromatic rings. The summed E-state index contributed by atoms with van der Waals surface area (Å²) in [6.07, 6.45) is -0.217. The highest BCUT2D eigenvalue weighted by molar-refractivity contribution is 7.87. The van der Waals surface area contributed by atoms with Crippen molar-refractivity contribution >= 4 is 16.2 Å². The van der Waals surface area contributed by atoms with E-state index in [0.29, 0.717) is 0 Å². The largest absolute Gasteiger partial charge is 0.480 e. The number of nitrogens with two attached hydrogens (primary N) is 1. The number of hydrogen-bond donors (Lipinski definition) is 4. The zero-order valence-corrected chi connectivity index (χ0v) is 6.91. The highest BCUT2D eigenvalue weighted by atomic mass is 32.2. The van der Waals surface area contributed by atoms with Gasteiger partial charge in [0.15, 0.2) is 0 Å². The highest BCUT2D eigenvalue weighted by Crippen LogP contribution is 1.91. The van der Waals surface area contributed by atoms with Gasteiger partial charge in [-0.15, -0.1) is 0 Å². The van der Waals surface area contributed by atoms with Crippen molar-refractivity contribution in [1.29, 1.82) is 0 Å². The quantitative estimate of drug-likeness (QED) is 0.391. The molecule has 0 aliphatic heterocycles. The van der Waals surface area contributed by atoms with E-state index in [2.05, 4.69) is 5.14 Å². The maximum Gasteiger partial charge on any atom is 0.321 e. The van der Waals surface area contributed by atoms with Crippen LogP contribution in [0.15, 0.2) is 0 Å². The number of aliphatic hydroxyl groups excluding tert-OH is 1. The van der Waals surface area contributed by atoms with Gasteiger partial charge in [-0.25, -0.2) is 5.14 Å². The Kier molecular flexibility index (Phi) is 4.10. The van der Waals surface area contributed by atoms with Crippen molar-refractivity contribution in [2.24, 2.45) is 5.14 Å². The van der Waals surface area contributed by atoms with Gasteiger partial charge in [-0.3, -0.25) is 4.79 Å². The van der Waals surface area contributed by atoms with Crippen molar-refractivity contribution in [2.45, 2.75) is 12.5 Å². The first kappa shape index (κ1) is 11.3. The average molecular weight is 198 g/mol. The molecule has 1 atom stereocenters. The molecular weight excluding hydrogens is 188 g/mol. The third kappa shape index (κ3) is 5.02. The normalized spacial score (nSPS) is 14.2. The molecule has 0 aliphatic rings. The lowest BCUT2D eigenvalue weighted by molar-refractivity contribution is -0.139. The van der Waals surface area contributed by atoms with Crippen LogP contribution in [-0.4, -0.2) is 37.2 Å². The Bertz CT molecular complexity index is 248. The third-order valence-electron chi connectivity index (χ3n) is 1.02. The van der Waals surface area contributed by atoms with Crippen LogP contribution < -0.4 is 9.86 Å². The van der Waals surface area contributed by atoms with Gasteiger partial charge >= 0.3 is 5.97 Å². The Labute approximate surface area is 69.4 Å². The molecule has 0 radical (unpaired) electrons. The van der Waals surface area contributed by atoms with Crippen LogP contribution in [0, 0.1) is 0 Å². The summed E-state index contributed by atoms with van der Waals surface area (Å²) in [5.41, 5.74) is 0. The van der Waals surface area contributed by atoms with Gasteiger partial charge in [-0.2, -0.15) is 13.1 Å². The number of hydrogen-bond acceptors (Lipinski definition) is 4. The second kappa shape index (κ2) is 4.36. The Balaban J connectivity index is 4.24. The predicted octanol–water partition coefficient (Wildman–Crippen LogP) is -2.38. The SMILES string of the molecule is NS(=O)(=O)N[C@H](CCO)C(=O)O. The molecule has 0 fully saturated rings. The van der Waals surface area contributed by atoms with Crippen molar-refractivity contribution in [3.63, 3.8) is 0 Å². The van der Waals surface area contributed by atoms with Crippen LogP contribution in [0.3, 0.4) is 0 Å². The Morgan fingerprint density at radius 3 is 2.33 bits per heavy atom. The molecule has 8 heteroatoms. The van der Waals surface area contributed by atoms with Gasteiger partial charge in [0, 0.05) is 6.61 Å². The summed E-state index contributed by atoms with van der Waals surface area (Å²) >= 11 is 0. The molecular formula is C4H10N2O5S. The molecule has 7 nitrogen and oxygen atoms in total. The molecule has 0 rings (SSSR count). The van der Waals surface area contributed by atoms with E-state index in [9.17, 15) is 13.2 Å². The second-order valence-corrected chi connectivity index (χ2v) is 3.39. The van der Waals surface area contributed by atoms with Crippen molar-refractivity contribution in [3.8, 4) is 0 Å². The molecule has 0 aliphatic carbocycles. The molecule has 0 saturated carbocycles. The van der Waals surface area contributed by atoms with E-state index in [-0.39, 0.29) is 6.42 Å². The Hall–Kier alpha value is -0.700. The van der Waals surface area contributed by atoms with E-state index in [0.717, 1.165) is 0 Å². The van der Waals surface area contributed by atoms with Gasteiger partial charge in [-0.1, -0.05) is 0 Å². The molecule has 0 aromatic heterocycles. The average Bonchev–Trinajstić information content (AvgIpc) is 1.83. The summed E-state index contributed by atoms with van der Waals surface area (Å²) in [4.78, 5) is 10.3. The summed E-state index contributed by atoms with van der Waals surface area (Å²) < 4.78 is 22.3. The number of carboxylic acids is 1. The number of carboxylic acid groups (broad SMARTS) is 1. The number of rotatable bonds is 5. The van der Waals surface area contributed by atoms with Gasteiger partial charge in [0.2, 0.25) is 0 Å². The molecule has 0 saturated heterocycles. The van der Waals surface area contributed by atoms with E-state index < -0.39 is 28.8 Å². The molecule has 0 spiro atoms. The fourth-order valence-corrected chi connectivity index (χ4v) is 1.18. The number of carbonyl (C=O) groups is 1.